The molecule has 0 aliphatic carbocycles. The number of nitrogens with zero attached hydrogens (tertiary/aromatic N) is 4. The third-order valence-corrected chi connectivity index (χ3v) is 4.24. The summed E-state index contributed by atoms with van der Waals surface area (Å²) in [5.74, 6) is -0.437. The maximum absolute atomic E-state index is 12.7. The molecule has 3 aromatic rings. The number of amides is 2. The molecular formula is C20H24N6O3. The summed E-state index contributed by atoms with van der Waals surface area (Å²) in [4.78, 5) is 40.5. The van der Waals surface area contributed by atoms with Crippen molar-refractivity contribution in [2.45, 2.75) is 46.2 Å². The predicted octanol–water partition coefficient (Wildman–Crippen LogP) is 2.34. The summed E-state index contributed by atoms with van der Waals surface area (Å²) in [6, 6.07) is 6.86. The van der Waals surface area contributed by atoms with Crippen LogP contribution in [0.3, 0.4) is 0 Å². The average Bonchev–Trinajstić information content (AvgIpc) is 3.06. The van der Waals surface area contributed by atoms with Gasteiger partial charge in [0.1, 0.15) is 5.39 Å². The topological polar surface area (TPSA) is 111 Å². The van der Waals surface area contributed by atoms with Crippen LogP contribution in [-0.2, 0) is 21.7 Å². The van der Waals surface area contributed by atoms with Gasteiger partial charge in [0.15, 0.2) is 5.65 Å². The van der Waals surface area contributed by atoms with Gasteiger partial charge in [0.05, 0.1) is 18.1 Å². The molecule has 0 aliphatic heterocycles. The van der Waals surface area contributed by atoms with Crippen LogP contribution in [0, 0.1) is 0 Å². The largest absolute Gasteiger partial charge is 0.326 e. The third kappa shape index (κ3) is 4.68. The molecule has 0 spiro atoms. The van der Waals surface area contributed by atoms with Crippen LogP contribution in [0.5, 0.6) is 0 Å². The van der Waals surface area contributed by atoms with Crippen LogP contribution >= 0.6 is 0 Å². The summed E-state index contributed by atoms with van der Waals surface area (Å²) in [7, 11) is 0. The minimum Gasteiger partial charge on any atom is -0.326 e. The number of fused-ring (bicyclic) bond motifs is 1. The Morgan fingerprint density at radius 1 is 1.14 bits per heavy atom. The fourth-order valence-corrected chi connectivity index (χ4v) is 2.92. The van der Waals surface area contributed by atoms with Crippen molar-refractivity contribution in [1.29, 1.82) is 0 Å². The smallest absolute Gasteiger partial charge is 0.264 e. The molecule has 2 N–H and O–H groups in total. The van der Waals surface area contributed by atoms with Crippen molar-refractivity contribution in [1.82, 2.24) is 19.3 Å². The Morgan fingerprint density at radius 3 is 2.48 bits per heavy atom. The zero-order valence-corrected chi connectivity index (χ0v) is 16.9. The van der Waals surface area contributed by atoms with Crippen LogP contribution in [0.1, 0.15) is 34.1 Å². The van der Waals surface area contributed by atoms with Crippen LogP contribution in [0.2, 0.25) is 0 Å². The molecular weight excluding hydrogens is 372 g/mol. The van der Waals surface area contributed by atoms with Crippen molar-refractivity contribution < 1.29 is 9.59 Å². The van der Waals surface area contributed by atoms with E-state index in [-0.39, 0.29) is 35.9 Å². The Kier molecular flexibility index (Phi) is 5.49. The number of rotatable bonds is 5. The highest BCUT2D eigenvalue weighted by molar-refractivity contribution is 5.93. The Balaban J connectivity index is 1.69. The second-order valence-electron chi connectivity index (χ2n) is 7.77. The van der Waals surface area contributed by atoms with E-state index in [2.05, 4.69) is 20.7 Å². The van der Waals surface area contributed by atoms with Gasteiger partial charge in [-0.25, -0.2) is 9.67 Å². The van der Waals surface area contributed by atoms with Crippen LogP contribution < -0.4 is 16.2 Å². The first-order chi connectivity index (χ1) is 13.6. The number of aromatic nitrogens is 4. The molecule has 0 bridgehead atoms. The fraction of sp³-hybridized carbons (Fsp3) is 0.350. The molecule has 0 aliphatic rings. The first kappa shape index (κ1) is 20.2. The van der Waals surface area contributed by atoms with Gasteiger partial charge >= 0.3 is 0 Å². The van der Waals surface area contributed by atoms with Gasteiger partial charge in [-0.3, -0.25) is 19.0 Å². The number of carbonyl (C=O) groups excluding carboxylic acids is 2. The molecule has 0 atom stereocenters. The van der Waals surface area contributed by atoms with Gasteiger partial charge in [-0.15, -0.1) is 0 Å². The molecule has 0 unspecified atom stereocenters. The van der Waals surface area contributed by atoms with Crippen LogP contribution in [0.25, 0.3) is 11.0 Å². The van der Waals surface area contributed by atoms with Gasteiger partial charge in [-0.05, 0) is 39.0 Å². The lowest BCUT2D eigenvalue weighted by Gasteiger charge is -2.19. The Morgan fingerprint density at radius 2 is 1.83 bits per heavy atom. The van der Waals surface area contributed by atoms with E-state index in [1.807, 2.05) is 20.8 Å². The number of carbonyl (C=O) groups is 2. The number of aryl methyl sites for hydroxylation is 1. The average molecular weight is 396 g/mol. The van der Waals surface area contributed by atoms with Gasteiger partial charge in [0.2, 0.25) is 11.8 Å². The van der Waals surface area contributed by atoms with Crippen molar-refractivity contribution >= 4 is 34.2 Å². The van der Waals surface area contributed by atoms with Crippen LogP contribution in [0.15, 0.2) is 41.6 Å². The molecule has 1 aromatic carbocycles. The lowest BCUT2D eigenvalue weighted by Crippen LogP contribution is -2.26. The number of hydrogen-bond donors (Lipinski definition) is 2. The van der Waals surface area contributed by atoms with Crippen molar-refractivity contribution in [2.24, 2.45) is 0 Å². The van der Waals surface area contributed by atoms with E-state index >= 15 is 0 Å². The first-order valence-corrected chi connectivity index (χ1v) is 9.26. The minimum absolute atomic E-state index is 0.102. The van der Waals surface area contributed by atoms with Gasteiger partial charge in [0, 0.05) is 31.3 Å². The summed E-state index contributed by atoms with van der Waals surface area (Å²) in [5, 5.41) is 10.1. The number of nitrogens with one attached hydrogen (secondary N) is 2. The van der Waals surface area contributed by atoms with Crippen LogP contribution in [0.4, 0.5) is 11.4 Å². The highest BCUT2D eigenvalue weighted by Crippen LogP contribution is 2.18. The minimum atomic E-state index is -0.293. The molecule has 0 saturated carbocycles. The van der Waals surface area contributed by atoms with Crippen molar-refractivity contribution in [2.75, 3.05) is 10.6 Å². The monoisotopic (exact) mass is 396 g/mol. The van der Waals surface area contributed by atoms with Gasteiger partial charge < -0.3 is 10.6 Å². The summed E-state index contributed by atoms with van der Waals surface area (Å²) in [5.41, 5.74) is 1.16. The predicted molar refractivity (Wildman–Crippen MR) is 111 cm³/mol. The third-order valence-electron chi connectivity index (χ3n) is 4.24. The van der Waals surface area contributed by atoms with E-state index in [4.69, 9.17) is 0 Å². The summed E-state index contributed by atoms with van der Waals surface area (Å²) < 4.78 is 3.12. The Labute approximate surface area is 167 Å². The molecule has 29 heavy (non-hydrogen) atoms. The van der Waals surface area contributed by atoms with E-state index in [1.165, 1.54) is 24.0 Å². The quantitative estimate of drug-likeness (QED) is 0.688. The Bertz CT molecular complexity index is 1120. The van der Waals surface area contributed by atoms with E-state index < -0.39 is 0 Å². The molecule has 152 valence electrons. The fourth-order valence-electron chi connectivity index (χ4n) is 2.92. The van der Waals surface area contributed by atoms with Crippen LogP contribution in [-0.4, -0.2) is 31.1 Å². The molecule has 3 rings (SSSR count). The van der Waals surface area contributed by atoms with Crippen molar-refractivity contribution in [3.8, 4) is 0 Å². The van der Waals surface area contributed by atoms with E-state index in [1.54, 1.807) is 28.9 Å². The highest BCUT2D eigenvalue weighted by atomic mass is 16.2. The molecule has 0 fully saturated rings. The van der Waals surface area contributed by atoms with Gasteiger partial charge in [-0.2, -0.15) is 5.10 Å². The second kappa shape index (κ2) is 7.86. The SMILES string of the molecule is CC(=O)Nc1cccc(NC(=O)CCn2cnc3c(cnn3C(C)(C)C)c2=O)c1. The summed E-state index contributed by atoms with van der Waals surface area (Å²) in [6.45, 7) is 7.56. The van der Waals surface area contributed by atoms with E-state index in [0.717, 1.165) is 0 Å². The maximum Gasteiger partial charge on any atom is 0.264 e. The molecule has 9 nitrogen and oxygen atoms in total. The molecule has 2 aromatic heterocycles. The van der Waals surface area contributed by atoms with Gasteiger partial charge in [0.25, 0.3) is 5.56 Å². The van der Waals surface area contributed by atoms with E-state index in [0.29, 0.717) is 22.4 Å². The lowest BCUT2D eigenvalue weighted by atomic mass is 10.1. The lowest BCUT2D eigenvalue weighted by molar-refractivity contribution is -0.116. The zero-order chi connectivity index (χ0) is 21.2. The number of benzene rings is 1. The Hall–Kier alpha value is -3.49. The summed E-state index contributed by atoms with van der Waals surface area (Å²) in [6.07, 6.45) is 3.06. The molecule has 9 heteroatoms. The first-order valence-electron chi connectivity index (χ1n) is 9.26. The molecule has 2 heterocycles. The molecule has 0 saturated heterocycles. The van der Waals surface area contributed by atoms with Crippen molar-refractivity contribution in [3.63, 3.8) is 0 Å². The maximum atomic E-state index is 12.7. The number of anilines is 2. The highest BCUT2D eigenvalue weighted by Gasteiger charge is 2.19. The molecule has 0 radical (unpaired) electrons. The zero-order valence-electron chi connectivity index (χ0n) is 16.9. The van der Waals surface area contributed by atoms with Gasteiger partial charge in [-0.1, -0.05) is 6.07 Å². The van der Waals surface area contributed by atoms with Crippen molar-refractivity contribution in [3.05, 3.63) is 47.1 Å². The molecule has 2 amide bonds. The normalized spacial score (nSPS) is 11.4. The standard InChI is InChI=1S/C20H24N6O3/c1-13(27)23-14-6-5-7-15(10-14)24-17(28)8-9-25-12-21-18-16(19(25)29)11-22-26(18)20(2,3)4/h5-7,10-12H,8-9H2,1-4H3,(H,23,27)(H,24,28). The second-order valence-corrected chi connectivity index (χ2v) is 7.77. The summed E-state index contributed by atoms with van der Waals surface area (Å²) >= 11 is 0. The number of hydrogen-bond acceptors (Lipinski definition) is 5. The van der Waals surface area contributed by atoms with E-state index in [9.17, 15) is 14.4 Å².